The van der Waals surface area contributed by atoms with E-state index >= 15 is 8.78 Å². The van der Waals surface area contributed by atoms with E-state index in [-0.39, 0.29) is 25.0 Å². The highest BCUT2D eigenvalue weighted by Gasteiger charge is 2.46. The Bertz CT molecular complexity index is 1680. The molecule has 11 heteroatoms. The summed E-state index contributed by atoms with van der Waals surface area (Å²) in [5.41, 5.74) is 0.428. The summed E-state index contributed by atoms with van der Waals surface area (Å²) in [7, 11) is -0.538. The topological polar surface area (TPSA) is 46.2 Å². The van der Waals surface area contributed by atoms with E-state index in [1.165, 1.54) is 17.4 Å². The predicted octanol–water partition coefficient (Wildman–Crippen LogP) is 11.4. The summed E-state index contributed by atoms with van der Waals surface area (Å²) in [5, 5.41) is 6.03. The molecule has 0 fully saturated rings. The molecule has 3 aromatic carbocycles. The van der Waals surface area contributed by atoms with Crippen LogP contribution in [0.1, 0.15) is 58.4 Å². The minimum Gasteiger partial charge on any atom is -0.494 e. The Morgan fingerprint density at radius 2 is 1.76 bits per heavy atom. The Hall–Kier alpha value is -3.44. The molecule has 46 heavy (non-hydrogen) atoms. The van der Waals surface area contributed by atoms with Gasteiger partial charge in [0.05, 0.1) is 22.6 Å². The van der Waals surface area contributed by atoms with Gasteiger partial charge in [0.15, 0.2) is 5.13 Å². The molecule has 4 bridgehead atoms. The molecule has 2 N–H and O–H groups in total. The summed E-state index contributed by atoms with van der Waals surface area (Å²) in [5.74, 6) is -2.68. The number of hydrogen-bond donors (Lipinski definition) is 2. The van der Waals surface area contributed by atoms with Crippen molar-refractivity contribution in [1.29, 1.82) is 0 Å². The van der Waals surface area contributed by atoms with Crippen LogP contribution < -0.4 is 14.8 Å². The number of aromatic nitrogens is 1. The molecule has 0 saturated heterocycles. The number of benzene rings is 3. The summed E-state index contributed by atoms with van der Waals surface area (Å²) >= 11 is 1.34. The van der Waals surface area contributed by atoms with E-state index in [1.807, 2.05) is 36.6 Å². The molecule has 0 aliphatic carbocycles. The zero-order valence-corrected chi connectivity index (χ0v) is 27.7. The molecule has 0 spiro atoms. The number of thiazole rings is 1. The first-order chi connectivity index (χ1) is 21.9. The van der Waals surface area contributed by atoms with Crippen LogP contribution in [0.2, 0.25) is 0 Å². The molecule has 0 saturated carbocycles. The van der Waals surface area contributed by atoms with Crippen molar-refractivity contribution in [3.05, 3.63) is 78.4 Å². The van der Waals surface area contributed by atoms with E-state index in [2.05, 4.69) is 16.1 Å². The molecule has 2 heterocycles. The van der Waals surface area contributed by atoms with Crippen molar-refractivity contribution in [2.24, 2.45) is 5.41 Å². The molecule has 1 atom stereocenters. The molecule has 1 unspecified atom stereocenters. The lowest BCUT2D eigenvalue weighted by molar-refractivity contribution is -0.215. The van der Waals surface area contributed by atoms with E-state index in [4.69, 9.17) is 9.72 Å². The van der Waals surface area contributed by atoms with Gasteiger partial charge in [-0.2, -0.15) is 13.2 Å². The van der Waals surface area contributed by atoms with Crippen LogP contribution in [0.5, 0.6) is 5.75 Å². The number of ether oxygens (including phenoxy) is 1. The zero-order chi connectivity index (χ0) is 33.0. The second-order valence-corrected chi connectivity index (χ2v) is 14.7. The third-order valence-corrected chi connectivity index (χ3v) is 10.9. The second kappa shape index (κ2) is 14.1. The Balaban J connectivity index is 1.57. The Morgan fingerprint density at radius 1 is 0.978 bits per heavy atom. The van der Waals surface area contributed by atoms with Gasteiger partial charge in [0, 0.05) is 34.7 Å². The largest absolute Gasteiger partial charge is 0.494 e. The van der Waals surface area contributed by atoms with Crippen LogP contribution in [-0.4, -0.2) is 29.7 Å². The molecule has 1 aliphatic heterocycles. The summed E-state index contributed by atoms with van der Waals surface area (Å²) < 4.78 is 81.2. The maximum atomic E-state index is 15.9. The van der Waals surface area contributed by atoms with Gasteiger partial charge in [0.1, 0.15) is 5.75 Å². The third kappa shape index (κ3) is 7.91. The summed E-state index contributed by atoms with van der Waals surface area (Å²) in [4.78, 5) is 6.62. The number of rotatable bonds is 5. The lowest BCUT2D eigenvalue weighted by Crippen LogP contribution is -2.33. The first kappa shape index (κ1) is 33.9. The molecule has 5 rings (SSSR count). The van der Waals surface area contributed by atoms with Crippen molar-refractivity contribution >= 4 is 38.2 Å². The maximum Gasteiger partial charge on any atom is 0.394 e. The van der Waals surface area contributed by atoms with Crippen molar-refractivity contribution in [1.82, 2.24) is 4.98 Å². The number of halogens is 5. The van der Waals surface area contributed by atoms with Gasteiger partial charge in [-0.05, 0) is 67.4 Å². The zero-order valence-electron chi connectivity index (χ0n) is 26.0. The fourth-order valence-electron chi connectivity index (χ4n) is 5.15. The maximum absolute atomic E-state index is 15.9. The average Bonchev–Trinajstić information content (AvgIpc) is 3.45. The van der Waals surface area contributed by atoms with E-state index in [9.17, 15) is 13.2 Å². The molecular weight excluding hydrogens is 638 g/mol. The Labute approximate surface area is 273 Å². The van der Waals surface area contributed by atoms with Crippen LogP contribution in [0.25, 0.3) is 21.7 Å². The molecule has 0 amide bonds. The van der Waals surface area contributed by atoms with Crippen molar-refractivity contribution in [2.45, 2.75) is 69.9 Å². The van der Waals surface area contributed by atoms with Crippen molar-refractivity contribution < 1.29 is 26.7 Å². The summed E-state index contributed by atoms with van der Waals surface area (Å²) in [6.07, 6.45) is -3.03. The Kier molecular flexibility index (Phi) is 10.4. The number of nitrogens with zero attached hydrogens (tertiary/aromatic N) is 1. The summed E-state index contributed by atoms with van der Waals surface area (Å²) in [6.45, 7) is 4.84. The predicted molar refractivity (Wildman–Crippen MR) is 181 cm³/mol. The molecule has 1 aromatic heterocycles. The normalized spacial score (nSPS) is 17.3. The highest BCUT2D eigenvalue weighted by atomic mass is 32.2. The number of anilines is 2. The number of hydrogen-bond acceptors (Lipinski definition) is 5. The van der Waals surface area contributed by atoms with Gasteiger partial charge >= 0.3 is 6.18 Å². The van der Waals surface area contributed by atoms with E-state index in [0.29, 0.717) is 52.0 Å². The minimum atomic E-state index is -4.35. The van der Waals surface area contributed by atoms with Gasteiger partial charge in [0.25, 0.3) is 5.92 Å². The highest BCUT2D eigenvalue weighted by Crippen LogP contribution is 2.47. The average molecular weight is 676 g/mol. The van der Waals surface area contributed by atoms with Crippen LogP contribution in [0.15, 0.2) is 77.7 Å². The van der Waals surface area contributed by atoms with Crippen LogP contribution in [0.3, 0.4) is 0 Å². The molecular formula is C35H38F5N3OS2. The van der Waals surface area contributed by atoms with E-state index < -0.39 is 28.2 Å². The van der Waals surface area contributed by atoms with Gasteiger partial charge in [-0.1, -0.05) is 84.7 Å². The number of alkyl halides is 5. The second-order valence-electron chi connectivity index (χ2n) is 11.9. The third-order valence-electron chi connectivity index (χ3n) is 8.08. The molecule has 0 radical (unpaired) electrons. The first-order valence-electron chi connectivity index (χ1n) is 15.3. The van der Waals surface area contributed by atoms with E-state index in [1.54, 1.807) is 36.4 Å². The quantitative estimate of drug-likeness (QED) is 0.163. The van der Waals surface area contributed by atoms with Gasteiger partial charge < -0.3 is 14.8 Å². The molecule has 1 aliphatic rings. The standard InChI is InChI=1S/C35H38F5N3OS2/c1-4-46-27-15-11-13-25(23-27)41-20-9-5-8-18-34(36,37)29-17-7-6-16-28(29)30-31(45-32(42-30)43-46)24-12-10-14-26(22-24)44-21-19-33(2,3)35(38,39)40/h4,6-7,10-17,22-23,41H,5,8-9,18-21H2,1-3H3,(H,42,43). The van der Waals surface area contributed by atoms with Crippen LogP contribution in [0, 0.1) is 5.41 Å². The molecule has 246 valence electrons. The lowest BCUT2D eigenvalue weighted by Gasteiger charge is -2.27. The number of nitrogens with one attached hydrogen (secondary N) is 2. The monoisotopic (exact) mass is 675 g/mol. The highest BCUT2D eigenvalue weighted by molar-refractivity contribution is 8.16. The van der Waals surface area contributed by atoms with E-state index in [0.717, 1.165) is 30.9 Å². The summed E-state index contributed by atoms with van der Waals surface area (Å²) in [6, 6.07) is 21.6. The minimum absolute atomic E-state index is 0.0787. The smallest absolute Gasteiger partial charge is 0.394 e. The first-order valence-corrected chi connectivity index (χ1v) is 17.4. The van der Waals surface area contributed by atoms with Crippen LogP contribution in [0.4, 0.5) is 32.8 Å². The SMILES string of the molecule is C/C=S1/Nc2nc(c(-c3cccc(OCCC(C)(C)C(F)(F)F)c3)s2)-c2ccccc2C(F)(F)CCCCCNc2cccc1c2. The van der Waals surface area contributed by atoms with Gasteiger partial charge in [-0.25, -0.2) is 13.8 Å². The van der Waals surface area contributed by atoms with Gasteiger partial charge in [-0.3, -0.25) is 0 Å². The van der Waals surface area contributed by atoms with Crippen LogP contribution >= 0.6 is 22.0 Å². The van der Waals surface area contributed by atoms with Gasteiger partial charge in [0.2, 0.25) is 0 Å². The van der Waals surface area contributed by atoms with Crippen molar-refractivity contribution in [3.63, 3.8) is 0 Å². The molecule has 4 aromatic rings. The Morgan fingerprint density at radius 3 is 2.54 bits per heavy atom. The lowest BCUT2D eigenvalue weighted by atomic mass is 9.89. The fraction of sp³-hybridized carbons (Fsp3) is 0.371. The van der Waals surface area contributed by atoms with Gasteiger partial charge in [-0.15, -0.1) is 0 Å². The molecule has 4 nitrogen and oxygen atoms in total. The number of fused-ring (bicyclic) bond motifs is 6. The van der Waals surface area contributed by atoms with Crippen molar-refractivity contribution in [2.75, 3.05) is 23.2 Å². The van der Waals surface area contributed by atoms with Crippen LogP contribution in [-0.2, 0) is 5.92 Å². The van der Waals surface area contributed by atoms with Crippen molar-refractivity contribution in [3.8, 4) is 27.4 Å². The fourth-order valence-corrected chi connectivity index (χ4v) is 7.63.